The maximum atomic E-state index is 13.7. The van der Waals surface area contributed by atoms with Crippen molar-refractivity contribution < 1.29 is 23.1 Å². The lowest BCUT2D eigenvalue weighted by molar-refractivity contribution is -0.142. The van der Waals surface area contributed by atoms with Gasteiger partial charge in [0.1, 0.15) is 17.1 Å². The Hall–Kier alpha value is -5.31. The topological polar surface area (TPSA) is 103 Å². The van der Waals surface area contributed by atoms with E-state index in [1.54, 1.807) is 35.1 Å². The average Bonchev–Trinajstić information content (AvgIpc) is 3.36. The molecule has 188 valence electrons. The molecule has 2 heterocycles. The highest BCUT2D eigenvalue weighted by molar-refractivity contribution is 5.95. The van der Waals surface area contributed by atoms with E-state index in [9.17, 15) is 18.8 Å². The normalized spacial score (nSPS) is 11.1. The van der Waals surface area contributed by atoms with Gasteiger partial charge < -0.3 is 14.5 Å². The summed E-state index contributed by atoms with van der Waals surface area (Å²) in [6, 6.07) is 23.7. The first-order chi connectivity index (χ1) is 18.5. The molecule has 0 aliphatic rings. The maximum absolute atomic E-state index is 13.7. The Bertz CT molecular complexity index is 1720. The smallest absolute Gasteiger partial charge is 0.345 e. The highest BCUT2D eigenvalue weighted by Crippen LogP contribution is 2.25. The number of carbonyl (C=O) groups is 2. The predicted molar refractivity (Wildman–Crippen MR) is 140 cm³/mol. The number of aromatic nitrogens is 2. The molecule has 0 saturated heterocycles. The molecule has 0 radical (unpaired) electrons. The van der Waals surface area contributed by atoms with Crippen LogP contribution in [0.1, 0.15) is 5.56 Å². The third-order valence-corrected chi connectivity index (χ3v) is 5.55. The van der Waals surface area contributed by atoms with Gasteiger partial charge in [-0.1, -0.05) is 48.5 Å². The minimum atomic E-state index is -0.808. The zero-order chi connectivity index (χ0) is 26.5. The van der Waals surface area contributed by atoms with Crippen molar-refractivity contribution >= 4 is 34.6 Å². The number of rotatable bonds is 7. The average molecular weight is 509 g/mol. The lowest BCUT2D eigenvalue weighted by Gasteiger charge is -2.06. The summed E-state index contributed by atoms with van der Waals surface area (Å²) >= 11 is 0. The molecule has 0 spiro atoms. The first-order valence-corrected chi connectivity index (χ1v) is 11.6. The van der Waals surface area contributed by atoms with E-state index in [2.05, 4.69) is 10.4 Å². The van der Waals surface area contributed by atoms with Crippen molar-refractivity contribution in [1.82, 2.24) is 9.78 Å². The third-order valence-electron chi connectivity index (χ3n) is 5.55. The minimum absolute atomic E-state index is 0.0173. The number of amides is 1. The number of hydrogen-bond acceptors (Lipinski definition) is 6. The van der Waals surface area contributed by atoms with Crippen LogP contribution >= 0.6 is 0 Å². The Morgan fingerprint density at radius 2 is 1.74 bits per heavy atom. The molecule has 0 unspecified atom stereocenters. The van der Waals surface area contributed by atoms with Crippen LogP contribution in [0.2, 0.25) is 0 Å². The maximum Gasteiger partial charge on any atom is 0.345 e. The van der Waals surface area contributed by atoms with Crippen LogP contribution in [0, 0.1) is 5.82 Å². The van der Waals surface area contributed by atoms with Gasteiger partial charge in [-0.15, -0.1) is 0 Å². The molecular weight excluding hydrogens is 489 g/mol. The quantitative estimate of drug-likeness (QED) is 0.189. The van der Waals surface area contributed by atoms with Crippen molar-refractivity contribution in [3.63, 3.8) is 0 Å². The van der Waals surface area contributed by atoms with E-state index in [0.29, 0.717) is 22.2 Å². The van der Waals surface area contributed by atoms with Gasteiger partial charge in [-0.2, -0.15) is 5.10 Å². The summed E-state index contributed by atoms with van der Waals surface area (Å²) in [5, 5.41) is 7.63. The van der Waals surface area contributed by atoms with E-state index in [0.717, 1.165) is 11.8 Å². The second kappa shape index (κ2) is 10.8. The van der Waals surface area contributed by atoms with Crippen LogP contribution < -0.4 is 10.9 Å². The van der Waals surface area contributed by atoms with E-state index < -0.39 is 29.9 Å². The summed E-state index contributed by atoms with van der Waals surface area (Å²) < 4.78 is 25.7. The van der Waals surface area contributed by atoms with E-state index in [-0.39, 0.29) is 11.3 Å². The lowest BCUT2D eigenvalue weighted by atomic mass is 10.1. The fourth-order valence-corrected chi connectivity index (χ4v) is 3.75. The fourth-order valence-electron chi connectivity index (χ4n) is 3.75. The number of carbonyl (C=O) groups excluding carboxylic acids is 2. The molecule has 0 aliphatic heterocycles. The third kappa shape index (κ3) is 5.41. The van der Waals surface area contributed by atoms with Gasteiger partial charge >= 0.3 is 11.6 Å². The summed E-state index contributed by atoms with van der Waals surface area (Å²) in [6.07, 6.45) is 4.22. The highest BCUT2D eigenvalue weighted by atomic mass is 19.1. The highest BCUT2D eigenvalue weighted by Gasteiger charge is 2.17. The molecule has 8 nitrogen and oxygen atoms in total. The molecule has 38 heavy (non-hydrogen) atoms. The Labute approximate surface area is 215 Å². The van der Waals surface area contributed by atoms with E-state index in [1.165, 1.54) is 24.3 Å². The second-order valence-corrected chi connectivity index (χ2v) is 8.17. The summed E-state index contributed by atoms with van der Waals surface area (Å²) in [5.74, 6) is -2.10. The van der Waals surface area contributed by atoms with Crippen molar-refractivity contribution in [3.05, 3.63) is 119 Å². The molecule has 0 saturated carbocycles. The van der Waals surface area contributed by atoms with E-state index >= 15 is 0 Å². The number of esters is 1. The van der Waals surface area contributed by atoms with Crippen LogP contribution in [-0.2, 0) is 14.3 Å². The van der Waals surface area contributed by atoms with Crippen molar-refractivity contribution in [1.29, 1.82) is 0 Å². The summed E-state index contributed by atoms with van der Waals surface area (Å²) in [7, 11) is 0. The van der Waals surface area contributed by atoms with Crippen LogP contribution in [0.15, 0.2) is 106 Å². The van der Waals surface area contributed by atoms with Crippen molar-refractivity contribution in [2.75, 3.05) is 11.9 Å². The van der Waals surface area contributed by atoms with Crippen LogP contribution in [0.4, 0.5) is 10.1 Å². The predicted octanol–water partition coefficient (Wildman–Crippen LogP) is 4.98. The molecule has 9 heteroatoms. The number of anilines is 1. The van der Waals surface area contributed by atoms with Gasteiger partial charge in [-0.25, -0.2) is 18.7 Å². The molecule has 1 N–H and O–H groups in total. The van der Waals surface area contributed by atoms with Gasteiger partial charge in [0.05, 0.1) is 16.9 Å². The zero-order valence-corrected chi connectivity index (χ0v) is 19.8. The van der Waals surface area contributed by atoms with Crippen molar-refractivity contribution in [3.8, 4) is 16.9 Å². The van der Waals surface area contributed by atoms with Gasteiger partial charge in [0, 0.05) is 23.2 Å². The summed E-state index contributed by atoms with van der Waals surface area (Å²) in [5.41, 5.74) is 1.55. The van der Waals surface area contributed by atoms with Gasteiger partial charge in [0.15, 0.2) is 6.61 Å². The fraction of sp³-hybridized carbons (Fsp3) is 0.0345. The minimum Gasteiger partial charge on any atom is -0.452 e. The van der Waals surface area contributed by atoms with Crippen LogP contribution in [0.3, 0.4) is 0 Å². The van der Waals surface area contributed by atoms with E-state index in [1.807, 2.05) is 42.5 Å². The molecule has 2 aromatic heterocycles. The second-order valence-electron chi connectivity index (χ2n) is 8.17. The molecule has 0 aliphatic carbocycles. The van der Waals surface area contributed by atoms with Gasteiger partial charge in [-0.05, 0) is 42.5 Å². The molecule has 1 amide bonds. The first-order valence-electron chi connectivity index (χ1n) is 11.6. The van der Waals surface area contributed by atoms with Gasteiger partial charge in [-0.3, -0.25) is 4.79 Å². The number of nitrogens with one attached hydrogen (secondary N) is 1. The Morgan fingerprint density at radius 3 is 2.55 bits per heavy atom. The number of hydrogen-bond donors (Lipinski definition) is 1. The van der Waals surface area contributed by atoms with Crippen molar-refractivity contribution in [2.45, 2.75) is 0 Å². The summed E-state index contributed by atoms with van der Waals surface area (Å²) in [6.45, 7) is -0.609. The lowest BCUT2D eigenvalue weighted by Crippen LogP contribution is -2.20. The Kier molecular flexibility index (Phi) is 6.90. The molecule has 3 aromatic carbocycles. The van der Waals surface area contributed by atoms with Gasteiger partial charge in [0.2, 0.25) is 0 Å². The summed E-state index contributed by atoms with van der Waals surface area (Å²) in [4.78, 5) is 37.2. The molecule has 5 aromatic rings. The standard InChI is InChI=1S/C29H20FN3O5/c30-23-11-5-6-12-24(23)31-26(34)18-37-27(35)15-14-20-17-33(21-9-2-1-3-10-21)32-28(20)22-16-19-8-4-7-13-25(19)38-29(22)36/h1-17H,18H2,(H,31,34)/b15-14+. The number of nitrogens with zero attached hydrogens (tertiary/aromatic N) is 2. The Balaban J connectivity index is 1.39. The number of fused-ring (bicyclic) bond motifs is 1. The largest absolute Gasteiger partial charge is 0.452 e. The van der Waals surface area contributed by atoms with Crippen LogP contribution in [-0.4, -0.2) is 28.3 Å². The Morgan fingerprint density at radius 1 is 1.00 bits per heavy atom. The number of benzene rings is 3. The SMILES string of the molecule is O=C(COC(=O)/C=C/c1cn(-c2ccccc2)nc1-c1cc2ccccc2oc1=O)Nc1ccccc1F. The first kappa shape index (κ1) is 24.4. The number of para-hydroxylation sites is 3. The van der Waals surface area contributed by atoms with Crippen LogP contribution in [0.25, 0.3) is 34.0 Å². The van der Waals surface area contributed by atoms with E-state index in [4.69, 9.17) is 9.15 Å². The van der Waals surface area contributed by atoms with Crippen molar-refractivity contribution in [2.24, 2.45) is 0 Å². The monoisotopic (exact) mass is 509 g/mol. The molecule has 0 atom stereocenters. The number of ether oxygens (including phenoxy) is 1. The van der Waals surface area contributed by atoms with Gasteiger partial charge in [0.25, 0.3) is 5.91 Å². The molecule has 5 rings (SSSR count). The number of halogens is 1. The molecular formula is C29H20FN3O5. The zero-order valence-electron chi connectivity index (χ0n) is 19.8. The molecule has 0 bridgehead atoms. The van der Waals surface area contributed by atoms with Crippen LogP contribution in [0.5, 0.6) is 0 Å². The molecule has 0 fully saturated rings.